The van der Waals surface area contributed by atoms with Gasteiger partial charge in [0, 0.05) is 17.6 Å². The van der Waals surface area contributed by atoms with Crippen molar-refractivity contribution in [3.8, 4) is 5.75 Å². The highest BCUT2D eigenvalue weighted by molar-refractivity contribution is 5.91. The second kappa shape index (κ2) is 7.81. The molecule has 2 aromatic carbocycles. The third kappa shape index (κ3) is 4.58. The molecule has 0 spiro atoms. The average molecular weight is 338 g/mol. The van der Waals surface area contributed by atoms with E-state index in [1.165, 1.54) is 0 Å². The van der Waals surface area contributed by atoms with Gasteiger partial charge in [0.05, 0.1) is 11.7 Å². The molecule has 1 N–H and O–H groups in total. The Morgan fingerprint density at radius 2 is 1.92 bits per heavy atom. The quantitative estimate of drug-likeness (QED) is 0.719. The number of aromatic nitrogens is 2. The fraction of sp³-hybridized carbons (Fsp3) is 0.263. The van der Waals surface area contributed by atoms with Gasteiger partial charge in [0.1, 0.15) is 18.9 Å². The first kappa shape index (κ1) is 17.0. The fourth-order valence-corrected chi connectivity index (χ4v) is 2.47. The van der Waals surface area contributed by atoms with Gasteiger partial charge in [-0.25, -0.2) is 0 Å². The first-order valence-electron chi connectivity index (χ1n) is 8.20. The van der Waals surface area contributed by atoms with Crippen LogP contribution in [0.5, 0.6) is 5.75 Å². The van der Waals surface area contributed by atoms with E-state index < -0.39 is 0 Å². The van der Waals surface area contributed by atoms with Crippen molar-refractivity contribution in [2.24, 2.45) is 0 Å². The molecule has 6 nitrogen and oxygen atoms in total. The third-order valence-electron chi connectivity index (χ3n) is 3.79. The Kier molecular flexibility index (Phi) is 5.30. The SMILES string of the molecule is CN(C)CCOc1ccc(NC(=O)Cn2ncc3ccccc32)cc1. The molecule has 130 valence electrons. The Balaban J connectivity index is 1.56. The summed E-state index contributed by atoms with van der Waals surface area (Å²) in [5, 5.41) is 8.18. The van der Waals surface area contributed by atoms with Crippen molar-refractivity contribution in [2.75, 3.05) is 32.6 Å². The molecule has 6 heteroatoms. The van der Waals surface area contributed by atoms with Crippen LogP contribution in [0.4, 0.5) is 5.69 Å². The first-order chi connectivity index (χ1) is 12.1. The molecule has 0 saturated heterocycles. The van der Waals surface area contributed by atoms with E-state index in [-0.39, 0.29) is 12.5 Å². The van der Waals surface area contributed by atoms with Gasteiger partial charge in [-0.3, -0.25) is 9.48 Å². The molecular formula is C19H22N4O2. The van der Waals surface area contributed by atoms with Crippen LogP contribution in [0.3, 0.4) is 0 Å². The standard InChI is InChI=1S/C19H22N4O2/c1-22(2)11-12-25-17-9-7-16(8-10-17)21-19(24)14-23-18-6-4-3-5-15(18)13-20-23/h3-10,13H,11-12,14H2,1-2H3,(H,21,24). The molecule has 1 heterocycles. The zero-order chi connectivity index (χ0) is 17.6. The molecule has 3 rings (SSSR count). The van der Waals surface area contributed by atoms with Crippen molar-refractivity contribution in [3.63, 3.8) is 0 Å². The second-order valence-electron chi connectivity index (χ2n) is 6.09. The molecule has 1 amide bonds. The minimum Gasteiger partial charge on any atom is -0.492 e. The topological polar surface area (TPSA) is 59.4 Å². The molecule has 0 radical (unpaired) electrons. The summed E-state index contributed by atoms with van der Waals surface area (Å²) in [7, 11) is 4.01. The normalized spacial score (nSPS) is 11.0. The lowest BCUT2D eigenvalue weighted by Gasteiger charge is -2.11. The van der Waals surface area contributed by atoms with Gasteiger partial charge in [-0.15, -0.1) is 0 Å². The Labute approximate surface area is 147 Å². The van der Waals surface area contributed by atoms with Gasteiger partial charge in [-0.05, 0) is 44.4 Å². The number of hydrogen-bond donors (Lipinski definition) is 1. The van der Waals surface area contributed by atoms with Crippen molar-refractivity contribution in [1.29, 1.82) is 0 Å². The minimum atomic E-state index is -0.116. The van der Waals surface area contributed by atoms with E-state index in [0.717, 1.165) is 28.9 Å². The van der Waals surface area contributed by atoms with E-state index in [1.54, 1.807) is 10.9 Å². The summed E-state index contributed by atoms with van der Waals surface area (Å²) >= 11 is 0. The highest BCUT2D eigenvalue weighted by Gasteiger charge is 2.08. The number of carbonyl (C=O) groups excluding carboxylic acids is 1. The molecule has 0 bridgehead atoms. The second-order valence-corrected chi connectivity index (χ2v) is 6.09. The minimum absolute atomic E-state index is 0.116. The van der Waals surface area contributed by atoms with Crippen LogP contribution < -0.4 is 10.1 Å². The zero-order valence-electron chi connectivity index (χ0n) is 14.5. The summed E-state index contributed by atoms with van der Waals surface area (Å²) < 4.78 is 7.34. The van der Waals surface area contributed by atoms with Crippen LogP contribution in [0, 0.1) is 0 Å². The van der Waals surface area contributed by atoms with Gasteiger partial charge in [-0.1, -0.05) is 18.2 Å². The summed E-state index contributed by atoms with van der Waals surface area (Å²) in [5.74, 6) is 0.674. The Morgan fingerprint density at radius 3 is 2.68 bits per heavy atom. The molecule has 1 aromatic heterocycles. The van der Waals surface area contributed by atoms with Crippen LogP contribution in [-0.2, 0) is 11.3 Å². The number of benzene rings is 2. The Hall–Kier alpha value is -2.86. The summed E-state index contributed by atoms with van der Waals surface area (Å²) in [6.45, 7) is 1.66. The number of anilines is 1. The van der Waals surface area contributed by atoms with Crippen molar-refractivity contribution >= 4 is 22.5 Å². The highest BCUT2D eigenvalue weighted by atomic mass is 16.5. The van der Waals surface area contributed by atoms with Crippen molar-refractivity contribution in [1.82, 2.24) is 14.7 Å². The lowest BCUT2D eigenvalue weighted by molar-refractivity contribution is -0.116. The van der Waals surface area contributed by atoms with E-state index in [2.05, 4.69) is 15.3 Å². The van der Waals surface area contributed by atoms with E-state index in [0.29, 0.717) is 6.61 Å². The monoisotopic (exact) mass is 338 g/mol. The molecule has 0 fully saturated rings. The predicted molar refractivity (Wildman–Crippen MR) is 98.9 cm³/mol. The van der Waals surface area contributed by atoms with Crippen LogP contribution in [0.25, 0.3) is 10.9 Å². The number of amides is 1. The Bertz CT molecular complexity index is 840. The first-order valence-corrected chi connectivity index (χ1v) is 8.20. The van der Waals surface area contributed by atoms with Gasteiger partial charge in [0.2, 0.25) is 5.91 Å². The Morgan fingerprint density at radius 1 is 1.16 bits per heavy atom. The highest BCUT2D eigenvalue weighted by Crippen LogP contribution is 2.16. The van der Waals surface area contributed by atoms with Crippen LogP contribution in [-0.4, -0.2) is 47.8 Å². The summed E-state index contributed by atoms with van der Waals surface area (Å²) in [5.41, 5.74) is 1.68. The van der Waals surface area contributed by atoms with E-state index in [1.807, 2.05) is 62.6 Å². The van der Waals surface area contributed by atoms with E-state index >= 15 is 0 Å². The number of carbonyl (C=O) groups is 1. The maximum atomic E-state index is 12.2. The molecule has 0 saturated carbocycles. The van der Waals surface area contributed by atoms with Gasteiger partial charge in [0.25, 0.3) is 0 Å². The van der Waals surface area contributed by atoms with E-state index in [4.69, 9.17) is 4.74 Å². The number of hydrogen-bond acceptors (Lipinski definition) is 4. The smallest absolute Gasteiger partial charge is 0.246 e. The molecule has 25 heavy (non-hydrogen) atoms. The number of ether oxygens (including phenoxy) is 1. The van der Waals surface area contributed by atoms with Gasteiger partial charge in [0.15, 0.2) is 0 Å². The lowest BCUT2D eigenvalue weighted by atomic mass is 10.2. The van der Waals surface area contributed by atoms with Crippen LogP contribution >= 0.6 is 0 Å². The molecule has 0 aliphatic carbocycles. The number of nitrogens with one attached hydrogen (secondary N) is 1. The maximum absolute atomic E-state index is 12.2. The number of fused-ring (bicyclic) bond motifs is 1. The maximum Gasteiger partial charge on any atom is 0.246 e. The molecule has 0 atom stereocenters. The van der Waals surface area contributed by atoms with Crippen molar-refractivity contribution < 1.29 is 9.53 Å². The number of likely N-dealkylation sites (N-methyl/N-ethyl adjacent to an activating group) is 1. The summed E-state index contributed by atoms with van der Waals surface area (Å²) in [4.78, 5) is 14.3. The lowest BCUT2D eigenvalue weighted by Crippen LogP contribution is -2.20. The summed E-state index contributed by atoms with van der Waals surface area (Å²) in [6.07, 6.45) is 1.77. The number of rotatable bonds is 7. The largest absolute Gasteiger partial charge is 0.492 e. The molecule has 0 aliphatic heterocycles. The van der Waals surface area contributed by atoms with Crippen LogP contribution in [0.15, 0.2) is 54.7 Å². The van der Waals surface area contributed by atoms with Gasteiger partial charge < -0.3 is 15.0 Å². The van der Waals surface area contributed by atoms with Crippen molar-refractivity contribution in [2.45, 2.75) is 6.54 Å². The van der Waals surface area contributed by atoms with Crippen molar-refractivity contribution in [3.05, 3.63) is 54.7 Å². The van der Waals surface area contributed by atoms with E-state index in [9.17, 15) is 4.79 Å². The third-order valence-corrected chi connectivity index (χ3v) is 3.79. The van der Waals surface area contributed by atoms with Gasteiger partial charge in [-0.2, -0.15) is 5.10 Å². The summed E-state index contributed by atoms with van der Waals surface area (Å²) in [6, 6.07) is 15.2. The molecule has 0 aliphatic rings. The number of para-hydroxylation sites is 1. The van der Waals surface area contributed by atoms with Crippen LogP contribution in [0.2, 0.25) is 0 Å². The zero-order valence-corrected chi connectivity index (χ0v) is 14.5. The van der Waals surface area contributed by atoms with Crippen LogP contribution in [0.1, 0.15) is 0 Å². The molecular weight excluding hydrogens is 316 g/mol. The average Bonchev–Trinajstić information content (AvgIpc) is 2.99. The molecule has 0 unspecified atom stereocenters. The molecule has 3 aromatic rings. The predicted octanol–water partition coefficient (Wildman–Crippen LogP) is 2.62. The van der Waals surface area contributed by atoms with Gasteiger partial charge >= 0.3 is 0 Å². The number of nitrogens with zero attached hydrogens (tertiary/aromatic N) is 3. The fourth-order valence-electron chi connectivity index (χ4n) is 2.47.